The fraction of sp³-hybridized carbons (Fsp3) is 0.409. The van der Waals surface area contributed by atoms with Crippen LogP contribution in [0.5, 0.6) is 0 Å². The van der Waals surface area contributed by atoms with Gasteiger partial charge >= 0.3 is 0 Å². The van der Waals surface area contributed by atoms with Crippen molar-refractivity contribution in [3.8, 4) is 0 Å². The Morgan fingerprint density at radius 2 is 1.87 bits per heavy atom. The summed E-state index contributed by atoms with van der Waals surface area (Å²) < 4.78 is 57.4. The molecule has 1 amide bonds. The first kappa shape index (κ1) is 23.3. The first-order valence-electron chi connectivity index (χ1n) is 10.2. The average Bonchev–Trinajstić information content (AvgIpc) is 2.71. The van der Waals surface area contributed by atoms with Crippen molar-refractivity contribution in [3.63, 3.8) is 0 Å². The van der Waals surface area contributed by atoms with E-state index >= 15 is 0 Å². The highest BCUT2D eigenvalue weighted by Crippen LogP contribution is 2.38. The molecule has 2 aromatic rings. The highest BCUT2D eigenvalue weighted by molar-refractivity contribution is 7.89. The van der Waals surface area contributed by atoms with Gasteiger partial charge < -0.3 is 11.1 Å². The summed E-state index contributed by atoms with van der Waals surface area (Å²) in [5.74, 6) is -1.99. The summed E-state index contributed by atoms with van der Waals surface area (Å²) in [4.78, 5) is 10.9. The molecule has 31 heavy (non-hydrogen) atoms. The summed E-state index contributed by atoms with van der Waals surface area (Å²) in [6, 6.07) is 10.0. The highest BCUT2D eigenvalue weighted by atomic mass is 32.2. The van der Waals surface area contributed by atoms with E-state index in [0.29, 0.717) is 18.4 Å². The van der Waals surface area contributed by atoms with Crippen LogP contribution in [0, 0.1) is 11.6 Å². The van der Waals surface area contributed by atoms with E-state index in [1.807, 2.05) is 6.07 Å². The predicted molar refractivity (Wildman–Crippen MR) is 114 cm³/mol. The number of sulfonamides is 1. The second-order valence-corrected chi connectivity index (χ2v) is 10.0. The third kappa shape index (κ3) is 5.11. The molecule has 2 aromatic carbocycles. The lowest BCUT2D eigenvalue weighted by molar-refractivity contribution is -0.117. The quantitative estimate of drug-likeness (QED) is 0.676. The van der Waals surface area contributed by atoms with Crippen molar-refractivity contribution in [3.05, 3.63) is 70.8 Å². The highest BCUT2D eigenvalue weighted by Gasteiger charge is 2.40. The SMILES string of the molecule is CC(NCC(N)=O)c1cc(F)c(CN2[C@@H](C)CC[C@H](c3ccccc3)S2(=O)=O)cc1F. The Bertz CT molecular complexity index is 1050. The zero-order valence-corrected chi connectivity index (χ0v) is 18.3. The van der Waals surface area contributed by atoms with Crippen molar-refractivity contribution in [1.29, 1.82) is 0 Å². The van der Waals surface area contributed by atoms with Crippen LogP contribution < -0.4 is 11.1 Å². The first-order chi connectivity index (χ1) is 14.6. The van der Waals surface area contributed by atoms with Crippen LogP contribution in [-0.2, 0) is 21.4 Å². The van der Waals surface area contributed by atoms with E-state index < -0.39 is 38.9 Å². The molecule has 0 aliphatic carbocycles. The van der Waals surface area contributed by atoms with Gasteiger partial charge in [-0.3, -0.25) is 4.79 Å². The Balaban J connectivity index is 1.86. The molecule has 1 aliphatic rings. The van der Waals surface area contributed by atoms with Gasteiger partial charge in [-0.05, 0) is 44.4 Å². The summed E-state index contributed by atoms with van der Waals surface area (Å²) >= 11 is 0. The molecule has 3 N–H and O–H groups in total. The van der Waals surface area contributed by atoms with Crippen LogP contribution >= 0.6 is 0 Å². The number of amides is 1. The number of primary amides is 1. The topological polar surface area (TPSA) is 92.5 Å². The normalized spacial score (nSPS) is 22.2. The minimum Gasteiger partial charge on any atom is -0.369 e. The lowest BCUT2D eigenvalue weighted by Crippen LogP contribution is -2.44. The number of benzene rings is 2. The zero-order valence-electron chi connectivity index (χ0n) is 17.5. The molecule has 0 radical (unpaired) electrons. The minimum atomic E-state index is -3.76. The first-order valence-corrected chi connectivity index (χ1v) is 11.7. The minimum absolute atomic E-state index is 0.0347. The van der Waals surface area contributed by atoms with Gasteiger partial charge in [0.15, 0.2) is 0 Å². The Kier molecular flexibility index (Phi) is 7.08. The lowest BCUT2D eigenvalue weighted by atomic mass is 10.0. The number of rotatable bonds is 7. The van der Waals surface area contributed by atoms with E-state index in [4.69, 9.17) is 5.73 Å². The van der Waals surface area contributed by atoms with Crippen molar-refractivity contribution in [1.82, 2.24) is 9.62 Å². The molecular weight excluding hydrogens is 424 g/mol. The summed E-state index contributed by atoms with van der Waals surface area (Å²) in [6.45, 7) is 2.94. The van der Waals surface area contributed by atoms with Gasteiger partial charge in [0.25, 0.3) is 0 Å². The van der Waals surface area contributed by atoms with Crippen LogP contribution in [0.1, 0.15) is 54.7 Å². The fourth-order valence-corrected chi connectivity index (χ4v) is 6.13. The number of halogens is 2. The Hall–Kier alpha value is -2.36. The molecule has 0 bridgehead atoms. The standard InChI is InChI=1S/C22H27F2N3O3S/c1-14-8-9-21(16-6-4-3-5-7-16)31(29,30)27(14)13-17-10-20(24)18(11-19(17)23)15(2)26-12-22(25)28/h3-7,10-11,14-15,21,26H,8-9,12-13H2,1-2H3,(H2,25,28)/t14-,15?,21+/m0/s1. The second kappa shape index (κ2) is 9.42. The molecule has 168 valence electrons. The monoisotopic (exact) mass is 451 g/mol. The molecule has 9 heteroatoms. The fourth-order valence-electron chi connectivity index (χ4n) is 3.94. The van der Waals surface area contributed by atoms with Crippen LogP contribution in [-0.4, -0.2) is 31.2 Å². The number of nitrogens with zero attached hydrogens (tertiary/aromatic N) is 1. The van der Waals surface area contributed by atoms with E-state index in [-0.39, 0.29) is 30.3 Å². The number of carbonyl (C=O) groups excluding carboxylic acids is 1. The largest absolute Gasteiger partial charge is 0.369 e. The van der Waals surface area contributed by atoms with Gasteiger partial charge in [0.2, 0.25) is 15.9 Å². The molecule has 0 saturated carbocycles. The molecule has 1 saturated heterocycles. The second-order valence-electron chi connectivity index (χ2n) is 7.95. The Labute approximate surface area is 181 Å². The maximum absolute atomic E-state index is 14.8. The van der Waals surface area contributed by atoms with Crippen molar-refractivity contribution in [2.24, 2.45) is 5.73 Å². The molecule has 0 spiro atoms. The van der Waals surface area contributed by atoms with E-state index in [1.165, 1.54) is 4.31 Å². The molecule has 3 rings (SSSR count). The number of nitrogens with one attached hydrogen (secondary N) is 1. The van der Waals surface area contributed by atoms with Gasteiger partial charge in [0.1, 0.15) is 16.9 Å². The summed E-state index contributed by atoms with van der Waals surface area (Å²) in [5.41, 5.74) is 5.77. The zero-order chi connectivity index (χ0) is 22.8. The molecule has 1 heterocycles. The van der Waals surface area contributed by atoms with Crippen molar-refractivity contribution < 1.29 is 22.0 Å². The molecule has 6 nitrogen and oxygen atoms in total. The molecule has 1 unspecified atom stereocenters. The third-order valence-electron chi connectivity index (χ3n) is 5.74. The summed E-state index contributed by atoms with van der Waals surface area (Å²) in [5, 5.41) is 2.01. The molecule has 1 aliphatic heterocycles. The van der Waals surface area contributed by atoms with E-state index in [2.05, 4.69) is 5.32 Å². The third-order valence-corrected chi connectivity index (χ3v) is 8.11. The Morgan fingerprint density at radius 1 is 1.19 bits per heavy atom. The van der Waals surface area contributed by atoms with E-state index in [0.717, 1.165) is 12.1 Å². The number of carbonyl (C=O) groups is 1. The number of hydrogen-bond donors (Lipinski definition) is 2. The van der Waals surface area contributed by atoms with Crippen molar-refractivity contribution >= 4 is 15.9 Å². The number of hydrogen-bond acceptors (Lipinski definition) is 4. The molecule has 3 atom stereocenters. The molecular formula is C22H27F2N3O3S. The van der Waals surface area contributed by atoms with Gasteiger partial charge in [0.05, 0.1) is 6.54 Å². The number of nitrogens with two attached hydrogens (primary N) is 1. The van der Waals surface area contributed by atoms with E-state index in [1.54, 1.807) is 38.1 Å². The molecule has 0 aromatic heterocycles. The Morgan fingerprint density at radius 3 is 2.52 bits per heavy atom. The van der Waals surface area contributed by atoms with Gasteiger partial charge in [-0.25, -0.2) is 17.2 Å². The van der Waals surface area contributed by atoms with Gasteiger partial charge in [-0.2, -0.15) is 4.31 Å². The van der Waals surface area contributed by atoms with Gasteiger partial charge in [0, 0.05) is 29.8 Å². The van der Waals surface area contributed by atoms with Crippen LogP contribution in [0.4, 0.5) is 8.78 Å². The van der Waals surface area contributed by atoms with Crippen LogP contribution in [0.3, 0.4) is 0 Å². The van der Waals surface area contributed by atoms with Gasteiger partial charge in [-0.15, -0.1) is 0 Å². The van der Waals surface area contributed by atoms with Crippen LogP contribution in [0.25, 0.3) is 0 Å². The maximum atomic E-state index is 14.8. The van der Waals surface area contributed by atoms with Crippen molar-refractivity contribution in [2.45, 2.75) is 50.6 Å². The van der Waals surface area contributed by atoms with E-state index in [9.17, 15) is 22.0 Å². The summed E-state index contributed by atoms with van der Waals surface area (Å²) in [6.07, 6.45) is 1.10. The maximum Gasteiger partial charge on any atom is 0.231 e. The van der Waals surface area contributed by atoms with Crippen LogP contribution in [0.15, 0.2) is 42.5 Å². The average molecular weight is 452 g/mol. The predicted octanol–water partition coefficient (Wildman–Crippen LogP) is 3.16. The van der Waals surface area contributed by atoms with Gasteiger partial charge in [-0.1, -0.05) is 30.3 Å². The van der Waals surface area contributed by atoms with Crippen LogP contribution in [0.2, 0.25) is 0 Å². The van der Waals surface area contributed by atoms with Crippen molar-refractivity contribution in [2.75, 3.05) is 6.54 Å². The molecule has 1 fully saturated rings. The summed E-state index contributed by atoms with van der Waals surface area (Å²) in [7, 11) is -3.76. The smallest absolute Gasteiger partial charge is 0.231 e. The lowest BCUT2D eigenvalue weighted by Gasteiger charge is -2.37.